The molecule has 1 N–H and O–H groups in total. The molecule has 2 rings (SSSR count). The van der Waals surface area contributed by atoms with E-state index in [-0.39, 0.29) is 18.0 Å². The molecule has 1 heterocycles. The topological polar surface area (TPSA) is 64.0 Å². The number of rotatable bonds is 4. The smallest absolute Gasteiger partial charge is 0.267 e. The van der Waals surface area contributed by atoms with Crippen LogP contribution in [0.5, 0.6) is 0 Å². The fourth-order valence-electron chi connectivity index (χ4n) is 1.75. The van der Waals surface area contributed by atoms with Crippen molar-refractivity contribution in [3.8, 4) is 11.3 Å². The van der Waals surface area contributed by atoms with Crippen LogP contribution in [-0.4, -0.2) is 22.2 Å². The van der Waals surface area contributed by atoms with Crippen LogP contribution in [0.3, 0.4) is 0 Å². The third-order valence-electron chi connectivity index (χ3n) is 2.65. The summed E-state index contributed by atoms with van der Waals surface area (Å²) in [5, 5.41) is 6.87. The van der Waals surface area contributed by atoms with E-state index in [0.29, 0.717) is 12.2 Å². The molecule has 0 bridgehead atoms. The Morgan fingerprint density at radius 3 is 2.85 bits per heavy atom. The molecule has 5 nitrogen and oxygen atoms in total. The molecule has 0 aliphatic rings. The zero-order valence-corrected chi connectivity index (χ0v) is 12.6. The van der Waals surface area contributed by atoms with Crippen LogP contribution in [0.4, 0.5) is 0 Å². The van der Waals surface area contributed by atoms with E-state index in [9.17, 15) is 9.59 Å². The van der Waals surface area contributed by atoms with Crippen LogP contribution in [0, 0.1) is 0 Å². The van der Waals surface area contributed by atoms with Crippen molar-refractivity contribution in [2.45, 2.75) is 13.5 Å². The molecule has 0 aliphatic heterocycles. The first-order valence-corrected chi connectivity index (χ1v) is 7.00. The summed E-state index contributed by atoms with van der Waals surface area (Å²) in [7, 11) is 0. The average Bonchev–Trinajstić information content (AvgIpc) is 2.41. The lowest BCUT2D eigenvalue weighted by Crippen LogP contribution is -2.33. The number of likely N-dealkylation sites (N-methyl/N-ethyl adjacent to an activating group) is 1. The number of amides is 1. The van der Waals surface area contributed by atoms with E-state index in [1.807, 2.05) is 31.2 Å². The SMILES string of the molecule is CCNC(=O)Cn1nc(-c2cccc(Br)c2)ccc1=O. The van der Waals surface area contributed by atoms with Gasteiger partial charge in [0.25, 0.3) is 5.56 Å². The maximum atomic E-state index is 11.7. The Bertz CT molecular complexity index is 682. The second kappa shape index (κ2) is 6.47. The molecule has 0 saturated carbocycles. The Hall–Kier alpha value is -1.95. The van der Waals surface area contributed by atoms with Crippen LogP contribution in [-0.2, 0) is 11.3 Å². The fourth-order valence-corrected chi connectivity index (χ4v) is 2.15. The molecule has 0 atom stereocenters. The molecule has 1 amide bonds. The number of hydrogen-bond acceptors (Lipinski definition) is 3. The summed E-state index contributed by atoms with van der Waals surface area (Å²) >= 11 is 3.39. The quantitative estimate of drug-likeness (QED) is 0.926. The standard InChI is InChI=1S/C14H14BrN3O2/c1-2-16-13(19)9-18-14(20)7-6-12(17-18)10-4-3-5-11(15)8-10/h3-8H,2,9H2,1H3,(H,16,19). The third-order valence-corrected chi connectivity index (χ3v) is 3.15. The number of nitrogens with zero attached hydrogens (tertiary/aromatic N) is 2. The van der Waals surface area contributed by atoms with Gasteiger partial charge in [-0.1, -0.05) is 28.1 Å². The Kier molecular flexibility index (Phi) is 4.68. The van der Waals surface area contributed by atoms with Gasteiger partial charge < -0.3 is 5.32 Å². The number of aromatic nitrogens is 2. The van der Waals surface area contributed by atoms with Gasteiger partial charge in [-0.15, -0.1) is 0 Å². The first-order valence-electron chi connectivity index (χ1n) is 6.21. The third kappa shape index (κ3) is 3.54. The van der Waals surface area contributed by atoms with Gasteiger partial charge in [-0.05, 0) is 25.1 Å². The summed E-state index contributed by atoms with van der Waals surface area (Å²) in [5.74, 6) is -0.228. The summed E-state index contributed by atoms with van der Waals surface area (Å²) in [6, 6.07) is 10.7. The highest BCUT2D eigenvalue weighted by Crippen LogP contribution is 2.20. The molecule has 104 valence electrons. The molecule has 0 unspecified atom stereocenters. The van der Waals surface area contributed by atoms with Crippen molar-refractivity contribution in [2.75, 3.05) is 6.54 Å². The molecular weight excluding hydrogens is 322 g/mol. The van der Waals surface area contributed by atoms with E-state index in [2.05, 4.69) is 26.3 Å². The zero-order chi connectivity index (χ0) is 14.5. The lowest BCUT2D eigenvalue weighted by atomic mass is 10.1. The second-order valence-corrected chi connectivity index (χ2v) is 5.09. The highest BCUT2D eigenvalue weighted by atomic mass is 79.9. The largest absolute Gasteiger partial charge is 0.355 e. The predicted octanol–water partition coefficient (Wildman–Crippen LogP) is 1.81. The van der Waals surface area contributed by atoms with Gasteiger partial charge in [0.1, 0.15) is 6.54 Å². The molecule has 0 spiro atoms. The Morgan fingerprint density at radius 1 is 1.35 bits per heavy atom. The summed E-state index contributed by atoms with van der Waals surface area (Å²) in [6.45, 7) is 2.28. The van der Waals surface area contributed by atoms with Crippen molar-refractivity contribution >= 4 is 21.8 Å². The molecular formula is C14H14BrN3O2. The first-order chi connectivity index (χ1) is 9.60. The zero-order valence-electron chi connectivity index (χ0n) is 11.0. The van der Waals surface area contributed by atoms with Crippen molar-refractivity contribution in [1.82, 2.24) is 15.1 Å². The number of nitrogens with one attached hydrogen (secondary N) is 1. The minimum Gasteiger partial charge on any atom is -0.355 e. The van der Waals surface area contributed by atoms with Crippen LogP contribution >= 0.6 is 15.9 Å². The number of carbonyl (C=O) groups excluding carboxylic acids is 1. The van der Waals surface area contributed by atoms with E-state index >= 15 is 0 Å². The Balaban J connectivity index is 2.33. The maximum absolute atomic E-state index is 11.7. The van der Waals surface area contributed by atoms with Gasteiger partial charge in [0.05, 0.1) is 5.69 Å². The van der Waals surface area contributed by atoms with Gasteiger partial charge in [0.15, 0.2) is 0 Å². The number of carbonyl (C=O) groups is 1. The van der Waals surface area contributed by atoms with Crippen molar-refractivity contribution < 1.29 is 4.79 Å². The predicted molar refractivity (Wildman–Crippen MR) is 80.3 cm³/mol. The van der Waals surface area contributed by atoms with E-state index in [1.54, 1.807) is 6.07 Å². The highest BCUT2D eigenvalue weighted by molar-refractivity contribution is 9.10. The molecule has 0 fully saturated rings. The summed E-state index contributed by atoms with van der Waals surface area (Å²) < 4.78 is 2.10. The highest BCUT2D eigenvalue weighted by Gasteiger charge is 2.07. The van der Waals surface area contributed by atoms with Gasteiger partial charge in [0, 0.05) is 22.6 Å². The van der Waals surface area contributed by atoms with Crippen LogP contribution in [0.15, 0.2) is 45.7 Å². The van der Waals surface area contributed by atoms with Gasteiger partial charge >= 0.3 is 0 Å². The minimum atomic E-state index is -0.296. The summed E-state index contributed by atoms with van der Waals surface area (Å²) in [4.78, 5) is 23.3. The monoisotopic (exact) mass is 335 g/mol. The molecule has 1 aromatic carbocycles. The van der Waals surface area contributed by atoms with Crippen molar-refractivity contribution in [2.24, 2.45) is 0 Å². The van der Waals surface area contributed by atoms with E-state index in [4.69, 9.17) is 0 Å². The average molecular weight is 336 g/mol. The summed E-state index contributed by atoms with van der Waals surface area (Å²) in [6.07, 6.45) is 0. The Labute approximate surface area is 124 Å². The van der Waals surface area contributed by atoms with Gasteiger partial charge in [0.2, 0.25) is 5.91 Å². The van der Waals surface area contributed by atoms with Crippen molar-refractivity contribution in [3.05, 3.63) is 51.2 Å². The molecule has 6 heteroatoms. The van der Waals surface area contributed by atoms with Crippen molar-refractivity contribution in [3.63, 3.8) is 0 Å². The first kappa shape index (κ1) is 14.5. The molecule has 20 heavy (non-hydrogen) atoms. The summed E-state index contributed by atoms with van der Waals surface area (Å²) in [5.41, 5.74) is 1.23. The molecule has 2 aromatic rings. The van der Waals surface area contributed by atoms with Gasteiger partial charge in [-0.3, -0.25) is 9.59 Å². The normalized spacial score (nSPS) is 10.3. The lowest BCUT2D eigenvalue weighted by molar-refractivity contribution is -0.121. The molecule has 0 saturated heterocycles. The van der Waals surface area contributed by atoms with Crippen LogP contribution in [0.1, 0.15) is 6.92 Å². The van der Waals surface area contributed by atoms with Crippen LogP contribution < -0.4 is 10.9 Å². The number of halogens is 1. The second-order valence-electron chi connectivity index (χ2n) is 4.18. The maximum Gasteiger partial charge on any atom is 0.267 e. The van der Waals surface area contributed by atoms with Crippen LogP contribution in [0.2, 0.25) is 0 Å². The lowest BCUT2D eigenvalue weighted by Gasteiger charge is -2.07. The van der Waals surface area contributed by atoms with Gasteiger partial charge in [-0.25, -0.2) is 4.68 Å². The fraction of sp³-hybridized carbons (Fsp3) is 0.214. The van der Waals surface area contributed by atoms with Crippen LogP contribution in [0.25, 0.3) is 11.3 Å². The molecule has 1 aromatic heterocycles. The van der Waals surface area contributed by atoms with E-state index < -0.39 is 0 Å². The Morgan fingerprint density at radius 2 is 2.15 bits per heavy atom. The number of hydrogen-bond donors (Lipinski definition) is 1. The van der Waals surface area contributed by atoms with E-state index in [0.717, 1.165) is 10.0 Å². The van der Waals surface area contributed by atoms with Crippen molar-refractivity contribution in [1.29, 1.82) is 0 Å². The number of benzene rings is 1. The minimum absolute atomic E-state index is 0.0749. The van der Waals surface area contributed by atoms with Gasteiger partial charge in [-0.2, -0.15) is 5.10 Å². The molecule has 0 radical (unpaired) electrons. The molecule has 0 aliphatic carbocycles. The van der Waals surface area contributed by atoms with E-state index in [1.165, 1.54) is 10.7 Å².